The maximum absolute atomic E-state index is 14.9. The molecule has 5 atom stereocenters. The highest BCUT2D eigenvalue weighted by molar-refractivity contribution is 5.92. The Kier molecular flexibility index (Phi) is 12.3. The zero-order valence-corrected chi connectivity index (χ0v) is 29.0. The molecule has 0 amide bonds. The first-order valence-electron chi connectivity index (χ1n) is 16.8. The van der Waals surface area contributed by atoms with Gasteiger partial charge in [0, 0.05) is 0 Å². The summed E-state index contributed by atoms with van der Waals surface area (Å²) in [7, 11) is 0. The van der Waals surface area contributed by atoms with Crippen LogP contribution in [0.25, 0.3) is 0 Å². The molecule has 0 saturated carbocycles. The van der Waals surface area contributed by atoms with E-state index >= 15 is 0 Å². The highest BCUT2D eigenvalue weighted by Crippen LogP contribution is 2.33. The standard InChI is InChI=1S/C41H27F5O11/c42-27-16-6-1-11-22(27)36(47)52-21-32-33(54-37(48)23-12-2-7-17-28(23)43)34(55-38(49)24-13-3-8-18-29(24)44)35(56-39(50)25-14-4-9-19-30(25)45)41(53-32)57-40(51)26-15-5-10-20-31(26)46/h1-20,32-35,41H,21H2/t32-,33-,34+,35-,41-/m0/s1. The zero-order valence-electron chi connectivity index (χ0n) is 29.0. The third kappa shape index (κ3) is 9.13. The number of carbonyl (C=O) groups is 5. The van der Waals surface area contributed by atoms with Crippen molar-refractivity contribution in [1.29, 1.82) is 0 Å². The van der Waals surface area contributed by atoms with Crippen LogP contribution >= 0.6 is 0 Å². The lowest BCUT2D eigenvalue weighted by Gasteiger charge is -2.43. The highest BCUT2D eigenvalue weighted by atomic mass is 19.1. The van der Waals surface area contributed by atoms with Gasteiger partial charge in [-0.25, -0.2) is 45.9 Å². The quantitative estimate of drug-likeness (QED) is 0.0793. The number of rotatable bonds is 11. The molecule has 0 bridgehead atoms. The van der Waals surface area contributed by atoms with Gasteiger partial charge >= 0.3 is 29.8 Å². The molecule has 1 saturated heterocycles. The molecule has 5 aromatic carbocycles. The van der Waals surface area contributed by atoms with Gasteiger partial charge in [-0.15, -0.1) is 0 Å². The first-order chi connectivity index (χ1) is 27.4. The smallest absolute Gasteiger partial charge is 0.343 e. The fraction of sp³-hybridized carbons (Fsp3) is 0.146. The van der Waals surface area contributed by atoms with Crippen molar-refractivity contribution < 1.29 is 74.3 Å². The van der Waals surface area contributed by atoms with Gasteiger partial charge in [0.25, 0.3) is 0 Å². The van der Waals surface area contributed by atoms with Crippen molar-refractivity contribution in [3.8, 4) is 0 Å². The number of hydrogen-bond donors (Lipinski definition) is 0. The molecule has 1 fully saturated rings. The van der Waals surface area contributed by atoms with Gasteiger partial charge < -0.3 is 28.4 Å². The lowest BCUT2D eigenvalue weighted by Crippen LogP contribution is -2.63. The predicted molar refractivity (Wildman–Crippen MR) is 184 cm³/mol. The lowest BCUT2D eigenvalue weighted by atomic mass is 9.97. The summed E-state index contributed by atoms with van der Waals surface area (Å²) in [4.78, 5) is 67.2. The monoisotopic (exact) mass is 790 g/mol. The number of hydrogen-bond acceptors (Lipinski definition) is 11. The average molecular weight is 791 g/mol. The van der Waals surface area contributed by atoms with E-state index in [1.165, 1.54) is 60.7 Å². The molecule has 1 aliphatic rings. The van der Waals surface area contributed by atoms with Crippen molar-refractivity contribution in [1.82, 2.24) is 0 Å². The Balaban J connectivity index is 1.47. The minimum Gasteiger partial charge on any atom is -0.459 e. The summed E-state index contributed by atoms with van der Waals surface area (Å²) in [5, 5.41) is 0. The topological polar surface area (TPSA) is 141 Å². The van der Waals surface area contributed by atoms with E-state index in [0.717, 1.165) is 60.7 Å². The second-order valence-electron chi connectivity index (χ2n) is 12.1. The molecule has 0 N–H and O–H groups in total. The number of halogens is 5. The van der Waals surface area contributed by atoms with Gasteiger partial charge in [0.1, 0.15) is 41.8 Å². The van der Waals surface area contributed by atoms with E-state index in [9.17, 15) is 45.9 Å². The fourth-order valence-electron chi connectivity index (χ4n) is 5.61. The molecule has 1 heterocycles. The molecule has 16 heteroatoms. The van der Waals surface area contributed by atoms with Gasteiger partial charge in [-0.2, -0.15) is 0 Å². The first-order valence-corrected chi connectivity index (χ1v) is 16.8. The molecule has 0 spiro atoms. The van der Waals surface area contributed by atoms with Crippen molar-refractivity contribution in [2.75, 3.05) is 6.61 Å². The third-order valence-corrected chi connectivity index (χ3v) is 8.39. The van der Waals surface area contributed by atoms with Gasteiger partial charge in [-0.05, 0) is 60.7 Å². The van der Waals surface area contributed by atoms with Crippen molar-refractivity contribution in [2.24, 2.45) is 0 Å². The van der Waals surface area contributed by atoms with Gasteiger partial charge in [0.2, 0.25) is 12.4 Å². The molecule has 11 nitrogen and oxygen atoms in total. The van der Waals surface area contributed by atoms with E-state index in [0.29, 0.717) is 0 Å². The second kappa shape index (κ2) is 17.7. The van der Waals surface area contributed by atoms with Crippen molar-refractivity contribution in [2.45, 2.75) is 30.7 Å². The van der Waals surface area contributed by atoms with E-state index in [1.807, 2.05) is 0 Å². The van der Waals surface area contributed by atoms with Crippen LogP contribution in [0.5, 0.6) is 0 Å². The Morgan fingerprint density at radius 3 is 1.07 bits per heavy atom. The first kappa shape index (κ1) is 39.7. The molecule has 0 aromatic heterocycles. The molecule has 57 heavy (non-hydrogen) atoms. The summed E-state index contributed by atoms with van der Waals surface area (Å²) in [6, 6.07) is 22.4. The lowest BCUT2D eigenvalue weighted by molar-refractivity contribution is -0.283. The van der Waals surface area contributed by atoms with E-state index < -0.39 is 124 Å². The molecule has 0 aliphatic carbocycles. The van der Waals surface area contributed by atoms with Gasteiger partial charge in [0.05, 0.1) is 27.8 Å². The van der Waals surface area contributed by atoms with Crippen LogP contribution in [0.1, 0.15) is 51.8 Å². The summed E-state index contributed by atoms with van der Waals surface area (Å²) >= 11 is 0. The molecule has 0 unspecified atom stereocenters. The van der Waals surface area contributed by atoms with Crippen molar-refractivity contribution >= 4 is 29.8 Å². The Morgan fingerprint density at radius 1 is 0.404 bits per heavy atom. The second-order valence-corrected chi connectivity index (χ2v) is 12.1. The van der Waals surface area contributed by atoms with Crippen LogP contribution in [0.3, 0.4) is 0 Å². The summed E-state index contributed by atoms with van der Waals surface area (Å²) in [6.45, 7) is -1.03. The molecule has 292 valence electrons. The summed E-state index contributed by atoms with van der Waals surface area (Å²) in [5.41, 5.74) is -3.31. The van der Waals surface area contributed by atoms with Crippen molar-refractivity contribution in [3.63, 3.8) is 0 Å². The maximum atomic E-state index is 14.9. The summed E-state index contributed by atoms with van der Waals surface area (Å²) in [5.74, 6) is -12.5. The predicted octanol–water partition coefficient (Wildman–Crippen LogP) is 6.80. The van der Waals surface area contributed by atoms with E-state index in [-0.39, 0.29) is 0 Å². The number of ether oxygens (including phenoxy) is 6. The zero-order chi connectivity index (χ0) is 40.6. The minimum atomic E-state index is -2.30. The molecular formula is C41H27F5O11. The molecule has 5 aromatic rings. The van der Waals surface area contributed by atoms with E-state index in [4.69, 9.17) is 28.4 Å². The van der Waals surface area contributed by atoms with Crippen LogP contribution in [-0.2, 0) is 28.4 Å². The SMILES string of the molecule is O=C(OC[C@@H]1O[C@@H](OC(=O)c2ccccc2F)[C@@H](OC(=O)c2ccccc2F)[C@H](OC(=O)c2ccccc2F)[C@H]1OC(=O)c1ccccc1F)c1ccccc1F. The minimum absolute atomic E-state index is 0.560. The molecule has 6 rings (SSSR count). The van der Waals surface area contributed by atoms with Gasteiger partial charge in [-0.1, -0.05) is 60.7 Å². The van der Waals surface area contributed by atoms with Crippen LogP contribution in [-0.4, -0.2) is 67.2 Å². The number of esters is 5. The Morgan fingerprint density at radius 2 is 0.702 bits per heavy atom. The largest absolute Gasteiger partial charge is 0.459 e. The Bertz CT molecular complexity index is 2320. The van der Waals surface area contributed by atoms with Crippen LogP contribution < -0.4 is 0 Å². The van der Waals surface area contributed by atoms with Crippen LogP contribution in [0.2, 0.25) is 0 Å². The summed E-state index contributed by atoms with van der Waals surface area (Å²) in [6.07, 6.45) is -10.9. The molecule has 1 aliphatic heterocycles. The number of benzene rings is 5. The third-order valence-electron chi connectivity index (χ3n) is 8.39. The van der Waals surface area contributed by atoms with Gasteiger partial charge in [-0.3, -0.25) is 0 Å². The Hall–Kier alpha value is -6.94. The van der Waals surface area contributed by atoms with Crippen LogP contribution in [0, 0.1) is 29.1 Å². The number of carbonyl (C=O) groups excluding carboxylic acids is 5. The Labute approximate surface area is 319 Å². The molecule has 0 radical (unpaired) electrons. The average Bonchev–Trinajstić information content (AvgIpc) is 3.19. The van der Waals surface area contributed by atoms with Crippen molar-refractivity contribution in [3.05, 3.63) is 178 Å². The van der Waals surface area contributed by atoms with Crippen LogP contribution in [0.15, 0.2) is 121 Å². The fourth-order valence-corrected chi connectivity index (χ4v) is 5.61. The van der Waals surface area contributed by atoms with E-state index in [1.54, 1.807) is 0 Å². The van der Waals surface area contributed by atoms with Crippen LogP contribution in [0.4, 0.5) is 22.0 Å². The maximum Gasteiger partial charge on any atom is 0.343 e. The van der Waals surface area contributed by atoms with E-state index in [2.05, 4.69) is 0 Å². The van der Waals surface area contributed by atoms with Gasteiger partial charge in [0.15, 0.2) is 12.2 Å². The summed E-state index contributed by atoms with van der Waals surface area (Å²) < 4.78 is 107. The highest BCUT2D eigenvalue weighted by Gasteiger charge is 2.55. The molecular weight excluding hydrogens is 763 g/mol. The normalized spacial score (nSPS) is 18.8.